The highest BCUT2D eigenvalue weighted by Crippen LogP contribution is 2.30. The van der Waals surface area contributed by atoms with E-state index in [1.54, 1.807) is 18.9 Å². The summed E-state index contributed by atoms with van der Waals surface area (Å²) in [5, 5.41) is 10.9. The van der Waals surface area contributed by atoms with Crippen LogP contribution in [0, 0.1) is 0 Å². The molecule has 1 N–H and O–H groups in total. The summed E-state index contributed by atoms with van der Waals surface area (Å²) < 4.78 is 13.3. The van der Waals surface area contributed by atoms with Crippen LogP contribution in [0.2, 0.25) is 0 Å². The molecule has 28 heavy (non-hydrogen) atoms. The average molecular weight is 395 g/mol. The monoisotopic (exact) mass is 394 g/mol. The molecule has 4 aromatic rings. The Bertz CT molecular complexity index is 1070. The first-order valence-electron chi connectivity index (χ1n) is 9.20. The number of ether oxygens (including phenoxy) is 2. The van der Waals surface area contributed by atoms with Crippen molar-refractivity contribution < 1.29 is 9.47 Å². The molecule has 0 spiro atoms. The van der Waals surface area contributed by atoms with E-state index in [-0.39, 0.29) is 0 Å². The van der Waals surface area contributed by atoms with Crippen LogP contribution in [0.15, 0.2) is 59.9 Å². The Morgan fingerprint density at radius 2 is 1.82 bits per heavy atom. The molecule has 0 aliphatic carbocycles. The maximum atomic E-state index is 5.85. The Kier molecular flexibility index (Phi) is 5.53. The molecule has 4 rings (SSSR count). The molecule has 0 radical (unpaired) electrons. The Balaban J connectivity index is 1.46. The standard InChI is InChI=1S/C21H22N4O2S/c1-3-25-20(16-14-22-17-9-5-4-8-15(16)17)23-24-21(25)28-13-12-27-19-11-7-6-10-18(19)26-2/h4-11,14,22H,3,12-13H2,1-2H3. The highest BCUT2D eigenvalue weighted by Gasteiger charge is 2.16. The van der Waals surface area contributed by atoms with Crippen molar-refractivity contribution >= 4 is 22.7 Å². The number of benzene rings is 2. The molecule has 0 unspecified atom stereocenters. The van der Waals surface area contributed by atoms with Crippen molar-refractivity contribution in [3.8, 4) is 22.9 Å². The molecule has 0 bridgehead atoms. The lowest BCUT2D eigenvalue weighted by atomic mass is 10.1. The first-order valence-corrected chi connectivity index (χ1v) is 10.2. The molecule has 0 atom stereocenters. The van der Waals surface area contributed by atoms with Crippen molar-refractivity contribution in [2.24, 2.45) is 0 Å². The van der Waals surface area contributed by atoms with Gasteiger partial charge in [0.1, 0.15) is 0 Å². The normalized spacial score (nSPS) is 11.1. The fraction of sp³-hybridized carbons (Fsp3) is 0.238. The van der Waals surface area contributed by atoms with Crippen LogP contribution in [-0.2, 0) is 6.54 Å². The summed E-state index contributed by atoms with van der Waals surface area (Å²) in [5.41, 5.74) is 2.17. The van der Waals surface area contributed by atoms with Crippen LogP contribution in [0.3, 0.4) is 0 Å². The van der Waals surface area contributed by atoms with Crippen LogP contribution >= 0.6 is 11.8 Å². The summed E-state index contributed by atoms with van der Waals surface area (Å²) in [7, 11) is 1.65. The Morgan fingerprint density at radius 3 is 2.64 bits per heavy atom. The van der Waals surface area contributed by atoms with Gasteiger partial charge in [-0.1, -0.05) is 42.1 Å². The predicted octanol–water partition coefficient (Wildman–Crippen LogP) is 4.63. The third-order valence-electron chi connectivity index (χ3n) is 4.50. The number of hydrogen-bond acceptors (Lipinski definition) is 5. The molecule has 0 saturated carbocycles. The number of hydrogen-bond donors (Lipinski definition) is 1. The molecule has 144 valence electrons. The van der Waals surface area contributed by atoms with Gasteiger partial charge in [-0.25, -0.2) is 0 Å². The number of H-pyrrole nitrogens is 1. The quantitative estimate of drug-likeness (QED) is 0.349. The molecule has 2 aromatic heterocycles. The highest BCUT2D eigenvalue weighted by atomic mass is 32.2. The van der Waals surface area contributed by atoms with E-state index in [1.807, 2.05) is 42.6 Å². The van der Waals surface area contributed by atoms with E-state index in [9.17, 15) is 0 Å². The summed E-state index contributed by atoms with van der Waals surface area (Å²) in [5.74, 6) is 3.14. The van der Waals surface area contributed by atoms with Crippen molar-refractivity contribution in [3.05, 3.63) is 54.7 Å². The number of nitrogens with one attached hydrogen (secondary N) is 1. The van der Waals surface area contributed by atoms with Crippen LogP contribution in [-0.4, -0.2) is 39.2 Å². The largest absolute Gasteiger partial charge is 0.493 e. The number of para-hydroxylation sites is 3. The zero-order valence-electron chi connectivity index (χ0n) is 15.9. The van der Waals surface area contributed by atoms with E-state index in [0.29, 0.717) is 6.61 Å². The van der Waals surface area contributed by atoms with E-state index in [0.717, 1.165) is 51.2 Å². The zero-order chi connectivity index (χ0) is 19.3. The minimum atomic E-state index is 0.560. The van der Waals surface area contributed by atoms with Crippen LogP contribution in [0.4, 0.5) is 0 Å². The van der Waals surface area contributed by atoms with E-state index >= 15 is 0 Å². The van der Waals surface area contributed by atoms with Gasteiger partial charge in [-0.05, 0) is 25.1 Å². The summed E-state index contributed by atoms with van der Waals surface area (Å²) in [6.07, 6.45) is 2.00. The first kappa shape index (κ1) is 18.4. The van der Waals surface area contributed by atoms with Crippen molar-refractivity contribution in [2.45, 2.75) is 18.6 Å². The minimum absolute atomic E-state index is 0.560. The molecule has 6 nitrogen and oxygen atoms in total. The molecular weight excluding hydrogens is 372 g/mol. The summed E-state index contributed by atoms with van der Waals surface area (Å²) in [4.78, 5) is 3.31. The van der Waals surface area contributed by atoms with Crippen molar-refractivity contribution in [1.82, 2.24) is 19.7 Å². The molecule has 0 aliphatic heterocycles. The molecule has 0 fully saturated rings. The van der Waals surface area contributed by atoms with Crippen LogP contribution in [0.5, 0.6) is 11.5 Å². The fourth-order valence-corrected chi connectivity index (χ4v) is 3.98. The first-order chi connectivity index (χ1) is 13.8. The topological polar surface area (TPSA) is 65.0 Å². The van der Waals surface area contributed by atoms with Crippen molar-refractivity contribution in [2.75, 3.05) is 19.5 Å². The molecule has 2 aromatic carbocycles. The van der Waals surface area contributed by atoms with Gasteiger partial charge in [0.25, 0.3) is 0 Å². The van der Waals surface area contributed by atoms with Gasteiger partial charge in [-0.2, -0.15) is 0 Å². The lowest BCUT2D eigenvalue weighted by Gasteiger charge is -2.10. The second-order valence-corrected chi connectivity index (χ2v) is 7.21. The van der Waals surface area contributed by atoms with Gasteiger partial charge in [-0.15, -0.1) is 10.2 Å². The van der Waals surface area contributed by atoms with Gasteiger partial charge in [-0.3, -0.25) is 0 Å². The maximum absolute atomic E-state index is 5.85. The van der Waals surface area contributed by atoms with Crippen LogP contribution < -0.4 is 9.47 Å². The number of nitrogens with zero attached hydrogens (tertiary/aromatic N) is 3. The Morgan fingerprint density at radius 1 is 1.04 bits per heavy atom. The number of aromatic amines is 1. The lowest BCUT2D eigenvalue weighted by Crippen LogP contribution is -2.04. The molecular formula is C21H22N4O2S. The Hall–Kier alpha value is -2.93. The van der Waals surface area contributed by atoms with Crippen LogP contribution in [0.1, 0.15) is 6.92 Å². The zero-order valence-corrected chi connectivity index (χ0v) is 16.7. The number of thioether (sulfide) groups is 1. The van der Waals surface area contributed by atoms with Gasteiger partial charge in [0.15, 0.2) is 22.5 Å². The number of aromatic nitrogens is 4. The maximum Gasteiger partial charge on any atom is 0.191 e. The van der Waals surface area contributed by atoms with Crippen molar-refractivity contribution in [3.63, 3.8) is 0 Å². The molecule has 7 heteroatoms. The van der Waals surface area contributed by atoms with E-state index in [1.165, 1.54) is 0 Å². The molecule has 2 heterocycles. The van der Waals surface area contributed by atoms with E-state index in [2.05, 4.69) is 38.8 Å². The van der Waals surface area contributed by atoms with Gasteiger partial charge in [0, 0.05) is 35.0 Å². The smallest absolute Gasteiger partial charge is 0.191 e. The second kappa shape index (κ2) is 8.39. The summed E-state index contributed by atoms with van der Waals surface area (Å²) >= 11 is 1.64. The summed E-state index contributed by atoms with van der Waals surface area (Å²) in [6.45, 7) is 3.47. The number of fused-ring (bicyclic) bond motifs is 1. The van der Waals surface area contributed by atoms with Gasteiger partial charge in [0.2, 0.25) is 0 Å². The third kappa shape index (κ3) is 3.57. The van der Waals surface area contributed by atoms with Gasteiger partial charge in [0.05, 0.1) is 13.7 Å². The van der Waals surface area contributed by atoms with Crippen molar-refractivity contribution in [1.29, 1.82) is 0 Å². The summed E-state index contributed by atoms with van der Waals surface area (Å²) in [6, 6.07) is 15.9. The van der Waals surface area contributed by atoms with E-state index < -0.39 is 0 Å². The van der Waals surface area contributed by atoms with E-state index in [4.69, 9.17) is 9.47 Å². The second-order valence-electron chi connectivity index (χ2n) is 6.15. The minimum Gasteiger partial charge on any atom is -0.493 e. The average Bonchev–Trinajstić information content (AvgIpc) is 3.34. The SMILES string of the molecule is CCn1c(SCCOc2ccccc2OC)nnc1-c1c[nH]c2ccccc12. The third-order valence-corrected chi connectivity index (χ3v) is 5.44. The fourth-order valence-electron chi connectivity index (χ4n) is 3.16. The van der Waals surface area contributed by atoms with Gasteiger partial charge < -0.3 is 19.0 Å². The number of rotatable bonds is 8. The molecule has 0 aliphatic rings. The molecule has 0 amide bonds. The van der Waals surface area contributed by atoms with Gasteiger partial charge >= 0.3 is 0 Å². The Labute approximate surface area is 167 Å². The highest BCUT2D eigenvalue weighted by molar-refractivity contribution is 7.99. The predicted molar refractivity (Wildman–Crippen MR) is 112 cm³/mol. The van der Waals surface area contributed by atoms with Crippen LogP contribution in [0.25, 0.3) is 22.3 Å². The lowest BCUT2D eigenvalue weighted by molar-refractivity contribution is 0.313. The number of methoxy groups -OCH3 is 1. The molecule has 0 saturated heterocycles.